The van der Waals surface area contributed by atoms with Crippen LogP contribution < -0.4 is 0 Å². The van der Waals surface area contributed by atoms with E-state index in [0.29, 0.717) is 5.76 Å². The highest BCUT2D eigenvalue weighted by molar-refractivity contribution is 5.06. The standard InChI is InChI=1S/C8H11NO2/c10-5-8-4-7(9-11-8)3-6-1-2-6/h4,6,10H,1-3,5H2. The molecular formula is C8H11NO2. The first kappa shape index (κ1) is 6.85. The molecule has 1 fully saturated rings. The van der Waals surface area contributed by atoms with E-state index in [1.54, 1.807) is 0 Å². The fourth-order valence-electron chi connectivity index (χ4n) is 1.14. The number of aliphatic hydroxyl groups is 1. The highest BCUT2D eigenvalue weighted by atomic mass is 16.5. The third kappa shape index (κ3) is 1.60. The Hall–Kier alpha value is -0.830. The molecule has 60 valence electrons. The number of aliphatic hydroxyl groups excluding tert-OH is 1. The predicted molar refractivity (Wildman–Crippen MR) is 38.9 cm³/mol. The quantitative estimate of drug-likeness (QED) is 0.707. The molecular weight excluding hydrogens is 142 g/mol. The summed E-state index contributed by atoms with van der Waals surface area (Å²) in [5.41, 5.74) is 0.983. The van der Waals surface area contributed by atoms with Gasteiger partial charge in [0.05, 0.1) is 5.69 Å². The Morgan fingerprint density at radius 3 is 3.00 bits per heavy atom. The Balaban J connectivity index is 1.99. The summed E-state index contributed by atoms with van der Waals surface area (Å²) < 4.78 is 4.84. The van der Waals surface area contributed by atoms with Gasteiger partial charge in [-0.2, -0.15) is 0 Å². The minimum atomic E-state index is -0.0440. The van der Waals surface area contributed by atoms with Crippen LogP contribution in [-0.2, 0) is 13.0 Å². The number of nitrogens with zero attached hydrogens (tertiary/aromatic N) is 1. The monoisotopic (exact) mass is 153 g/mol. The Kier molecular flexibility index (Phi) is 1.66. The molecule has 1 aromatic heterocycles. The lowest BCUT2D eigenvalue weighted by molar-refractivity contribution is 0.228. The van der Waals surface area contributed by atoms with Crippen LogP contribution in [0.3, 0.4) is 0 Å². The van der Waals surface area contributed by atoms with Crippen LogP contribution in [0.1, 0.15) is 24.3 Å². The predicted octanol–water partition coefficient (Wildman–Crippen LogP) is 1.12. The van der Waals surface area contributed by atoms with E-state index < -0.39 is 0 Å². The van der Waals surface area contributed by atoms with Crippen molar-refractivity contribution >= 4 is 0 Å². The van der Waals surface area contributed by atoms with Gasteiger partial charge in [0.25, 0.3) is 0 Å². The van der Waals surface area contributed by atoms with Crippen molar-refractivity contribution in [3.05, 3.63) is 17.5 Å². The third-order valence-corrected chi connectivity index (χ3v) is 1.96. The van der Waals surface area contributed by atoms with E-state index in [-0.39, 0.29) is 6.61 Å². The van der Waals surface area contributed by atoms with Crippen molar-refractivity contribution in [3.63, 3.8) is 0 Å². The van der Waals surface area contributed by atoms with Crippen molar-refractivity contribution in [2.24, 2.45) is 5.92 Å². The van der Waals surface area contributed by atoms with Gasteiger partial charge < -0.3 is 9.63 Å². The van der Waals surface area contributed by atoms with E-state index in [1.165, 1.54) is 12.8 Å². The van der Waals surface area contributed by atoms with Gasteiger partial charge >= 0.3 is 0 Å². The Morgan fingerprint density at radius 1 is 1.64 bits per heavy atom. The number of hydrogen-bond acceptors (Lipinski definition) is 3. The van der Waals surface area contributed by atoms with Crippen molar-refractivity contribution in [2.45, 2.75) is 25.9 Å². The zero-order valence-electron chi connectivity index (χ0n) is 6.29. The van der Waals surface area contributed by atoms with Crippen LogP contribution >= 0.6 is 0 Å². The maximum absolute atomic E-state index is 8.67. The van der Waals surface area contributed by atoms with Gasteiger partial charge in [-0.3, -0.25) is 0 Å². The normalized spacial score (nSPS) is 17.2. The molecule has 1 saturated carbocycles. The molecule has 1 aromatic rings. The second-order valence-electron chi connectivity index (χ2n) is 3.09. The average molecular weight is 153 g/mol. The van der Waals surface area contributed by atoms with Crippen molar-refractivity contribution in [1.82, 2.24) is 5.16 Å². The summed E-state index contributed by atoms with van der Waals surface area (Å²) in [6.45, 7) is -0.0440. The molecule has 0 radical (unpaired) electrons. The fourth-order valence-corrected chi connectivity index (χ4v) is 1.14. The molecule has 1 N–H and O–H groups in total. The van der Waals surface area contributed by atoms with Gasteiger partial charge in [0.1, 0.15) is 6.61 Å². The second kappa shape index (κ2) is 2.66. The van der Waals surface area contributed by atoms with E-state index in [0.717, 1.165) is 18.0 Å². The lowest BCUT2D eigenvalue weighted by Crippen LogP contribution is -1.84. The zero-order valence-corrected chi connectivity index (χ0v) is 6.29. The van der Waals surface area contributed by atoms with E-state index in [1.807, 2.05) is 6.07 Å². The van der Waals surface area contributed by atoms with E-state index >= 15 is 0 Å². The first-order valence-corrected chi connectivity index (χ1v) is 3.94. The van der Waals surface area contributed by atoms with Gasteiger partial charge in [0.2, 0.25) is 0 Å². The molecule has 3 nitrogen and oxygen atoms in total. The van der Waals surface area contributed by atoms with Crippen LogP contribution in [0.5, 0.6) is 0 Å². The summed E-state index contributed by atoms with van der Waals surface area (Å²) >= 11 is 0. The highest BCUT2D eigenvalue weighted by Crippen LogP contribution is 2.32. The Bertz CT molecular complexity index is 240. The maximum atomic E-state index is 8.67. The zero-order chi connectivity index (χ0) is 7.68. The molecule has 3 heteroatoms. The van der Waals surface area contributed by atoms with Crippen molar-refractivity contribution < 1.29 is 9.63 Å². The Morgan fingerprint density at radius 2 is 2.45 bits per heavy atom. The number of hydrogen-bond donors (Lipinski definition) is 1. The summed E-state index contributed by atoms with van der Waals surface area (Å²) in [6, 6.07) is 1.83. The second-order valence-corrected chi connectivity index (χ2v) is 3.09. The largest absolute Gasteiger partial charge is 0.388 e. The lowest BCUT2D eigenvalue weighted by Gasteiger charge is -1.85. The van der Waals surface area contributed by atoms with Gasteiger partial charge in [0, 0.05) is 6.07 Å². The van der Waals surface area contributed by atoms with Gasteiger partial charge in [-0.05, 0) is 25.2 Å². The maximum Gasteiger partial charge on any atom is 0.162 e. The molecule has 0 atom stereocenters. The molecule has 1 aliphatic rings. The van der Waals surface area contributed by atoms with Gasteiger partial charge in [0.15, 0.2) is 5.76 Å². The van der Waals surface area contributed by atoms with E-state index in [9.17, 15) is 0 Å². The van der Waals surface area contributed by atoms with E-state index in [4.69, 9.17) is 9.63 Å². The smallest absolute Gasteiger partial charge is 0.162 e. The van der Waals surface area contributed by atoms with Crippen molar-refractivity contribution in [2.75, 3.05) is 0 Å². The topological polar surface area (TPSA) is 46.3 Å². The van der Waals surface area contributed by atoms with Crippen molar-refractivity contribution in [1.29, 1.82) is 0 Å². The molecule has 0 bridgehead atoms. The first-order valence-electron chi connectivity index (χ1n) is 3.94. The van der Waals surface area contributed by atoms with Crippen LogP contribution in [0, 0.1) is 5.92 Å². The third-order valence-electron chi connectivity index (χ3n) is 1.96. The molecule has 1 aliphatic carbocycles. The van der Waals surface area contributed by atoms with Gasteiger partial charge in [-0.15, -0.1) is 0 Å². The van der Waals surface area contributed by atoms with Crippen LogP contribution in [0.4, 0.5) is 0 Å². The molecule has 1 heterocycles. The molecule has 0 aromatic carbocycles. The fraction of sp³-hybridized carbons (Fsp3) is 0.625. The molecule has 0 spiro atoms. The highest BCUT2D eigenvalue weighted by Gasteiger charge is 2.22. The summed E-state index contributed by atoms with van der Waals surface area (Å²) in [5, 5.41) is 12.5. The summed E-state index contributed by atoms with van der Waals surface area (Å²) in [4.78, 5) is 0. The first-order chi connectivity index (χ1) is 5.38. The van der Waals surface area contributed by atoms with Gasteiger partial charge in [-0.25, -0.2) is 0 Å². The summed E-state index contributed by atoms with van der Waals surface area (Å²) in [5.74, 6) is 1.40. The summed E-state index contributed by atoms with van der Waals surface area (Å²) in [6.07, 6.45) is 3.66. The SMILES string of the molecule is OCc1cc(CC2CC2)no1. The molecule has 2 rings (SSSR count). The Labute approximate surface area is 65.0 Å². The molecule has 0 unspecified atom stereocenters. The van der Waals surface area contributed by atoms with Crippen LogP contribution in [0.15, 0.2) is 10.6 Å². The lowest BCUT2D eigenvalue weighted by atomic mass is 10.2. The van der Waals surface area contributed by atoms with Gasteiger partial charge in [-0.1, -0.05) is 5.16 Å². The average Bonchev–Trinajstić information content (AvgIpc) is 2.68. The molecule has 0 saturated heterocycles. The molecule has 11 heavy (non-hydrogen) atoms. The van der Waals surface area contributed by atoms with Crippen LogP contribution in [0.2, 0.25) is 0 Å². The number of rotatable bonds is 3. The number of aromatic nitrogens is 1. The minimum absolute atomic E-state index is 0.0440. The van der Waals surface area contributed by atoms with Crippen molar-refractivity contribution in [3.8, 4) is 0 Å². The minimum Gasteiger partial charge on any atom is -0.388 e. The summed E-state index contributed by atoms with van der Waals surface area (Å²) in [7, 11) is 0. The molecule has 0 aliphatic heterocycles. The molecule has 0 amide bonds. The van der Waals surface area contributed by atoms with Crippen LogP contribution in [0.25, 0.3) is 0 Å². The van der Waals surface area contributed by atoms with Crippen LogP contribution in [-0.4, -0.2) is 10.3 Å². The van der Waals surface area contributed by atoms with E-state index in [2.05, 4.69) is 5.16 Å².